The van der Waals surface area contributed by atoms with Gasteiger partial charge >= 0.3 is 0 Å². The van der Waals surface area contributed by atoms with E-state index in [4.69, 9.17) is 0 Å². The Morgan fingerprint density at radius 3 is 2.27 bits per heavy atom. The monoisotopic (exact) mass is 207 g/mol. The van der Waals surface area contributed by atoms with Gasteiger partial charge in [-0.2, -0.15) is 0 Å². The Hall–Kier alpha value is -1.38. The minimum atomic E-state index is 0.805. The molecule has 2 aromatic rings. The van der Waals surface area contributed by atoms with E-state index >= 15 is 0 Å². The molecule has 2 rings (SSSR count). The Morgan fingerprint density at radius 1 is 1.07 bits per heavy atom. The molecule has 0 aliphatic rings. The molecule has 0 amide bonds. The molecular weight excluding hydrogens is 186 g/mol. The minimum Gasteiger partial charge on any atom is -0.343 e. The van der Waals surface area contributed by atoms with Gasteiger partial charge in [-0.05, 0) is 19.9 Å². The maximum atomic E-state index is 4.23. The van der Waals surface area contributed by atoms with Gasteiger partial charge < -0.3 is 4.98 Å². The highest BCUT2D eigenvalue weighted by atomic mass is 14.9. The van der Waals surface area contributed by atoms with Gasteiger partial charge in [-0.25, -0.2) is 9.97 Å². The van der Waals surface area contributed by atoms with Crippen molar-refractivity contribution in [2.24, 2.45) is 0 Å². The lowest BCUT2D eigenvalue weighted by atomic mass is 10.4. The summed E-state index contributed by atoms with van der Waals surface area (Å²) < 4.78 is 0. The third-order valence-corrected chi connectivity index (χ3v) is 1.63. The van der Waals surface area contributed by atoms with E-state index in [1.807, 2.05) is 53.8 Å². The first-order valence-corrected chi connectivity index (χ1v) is 5.55. The number of rotatable bonds is 0. The van der Waals surface area contributed by atoms with Crippen LogP contribution in [-0.2, 0) is 0 Å². The molecule has 3 heteroatoms. The van der Waals surface area contributed by atoms with Crippen molar-refractivity contribution < 1.29 is 0 Å². The molecule has 0 radical (unpaired) electrons. The number of aromatic amines is 1. The van der Waals surface area contributed by atoms with Crippen molar-refractivity contribution in [1.82, 2.24) is 15.0 Å². The predicted molar refractivity (Wildman–Crippen MR) is 66.1 cm³/mol. The van der Waals surface area contributed by atoms with E-state index < -0.39 is 0 Å². The molecule has 0 aliphatic carbocycles. The summed E-state index contributed by atoms with van der Waals surface area (Å²) >= 11 is 0. The van der Waals surface area contributed by atoms with Gasteiger partial charge in [0, 0.05) is 17.3 Å². The van der Waals surface area contributed by atoms with Crippen LogP contribution in [0, 0.1) is 13.8 Å². The number of aryl methyl sites for hydroxylation is 2. The van der Waals surface area contributed by atoms with Crippen LogP contribution in [-0.4, -0.2) is 15.0 Å². The van der Waals surface area contributed by atoms with Gasteiger partial charge in [0.15, 0.2) is 0 Å². The second-order valence-electron chi connectivity index (χ2n) is 2.67. The highest BCUT2D eigenvalue weighted by molar-refractivity contribution is 5.75. The maximum Gasteiger partial charge on any atom is 0.141 e. The van der Waals surface area contributed by atoms with Gasteiger partial charge in [-0.3, -0.25) is 0 Å². The van der Waals surface area contributed by atoms with Crippen molar-refractivity contribution in [2.75, 3.05) is 0 Å². The van der Waals surface area contributed by atoms with E-state index in [1.165, 1.54) is 0 Å². The molecule has 0 spiro atoms. The second-order valence-corrected chi connectivity index (χ2v) is 2.67. The quantitative estimate of drug-likeness (QED) is 0.716. The van der Waals surface area contributed by atoms with Crippen molar-refractivity contribution in [3.63, 3.8) is 0 Å². The molecule has 0 saturated heterocycles. The summed E-state index contributed by atoms with van der Waals surface area (Å²) in [5.74, 6) is 0.805. The zero-order chi connectivity index (χ0) is 11.8. The van der Waals surface area contributed by atoms with Crippen LogP contribution >= 0.6 is 0 Å². The Kier molecular flexibility index (Phi) is 6.34. The summed E-state index contributed by atoms with van der Waals surface area (Å²) in [6, 6.07) is 2.04. The van der Waals surface area contributed by atoms with Crippen LogP contribution in [0.2, 0.25) is 0 Å². The molecule has 0 saturated carbocycles. The largest absolute Gasteiger partial charge is 0.343 e. The topological polar surface area (TPSA) is 41.6 Å². The van der Waals surface area contributed by atoms with Crippen molar-refractivity contribution in [1.29, 1.82) is 0 Å². The SMILES string of the molecule is CC.CC.Cc1ncc2cc(C)[nH]c2n1. The average Bonchev–Trinajstić information content (AvgIpc) is 2.63. The maximum absolute atomic E-state index is 4.23. The lowest BCUT2D eigenvalue weighted by molar-refractivity contribution is 1.08. The number of nitrogens with one attached hydrogen (secondary N) is 1. The summed E-state index contributed by atoms with van der Waals surface area (Å²) in [5.41, 5.74) is 2.05. The Labute approximate surface area is 92.0 Å². The highest BCUT2D eigenvalue weighted by Crippen LogP contribution is 2.10. The Morgan fingerprint density at radius 2 is 1.67 bits per heavy atom. The lowest BCUT2D eigenvalue weighted by Gasteiger charge is -1.89. The standard InChI is InChI=1S/C8H9N3.2C2H6/c1-5-3-7-4-9-6(2)11-8(7)10-5;2*1-2/h3-4H,1-2H3,(H,9,10,11);2*1-2H3. The number of fused-ring (bicyclic) bond motifs is 1. The van der Waals surface area contributed by atoms with Gasteiger partial charge in [-0.15, -0.1) is 0 Å². The molecule has 0 aromatic carbocycles. The fraction of sp³-hybridized carbons (Fsp3) is 0.500. The summed E-state index contributed by atoms with van der Waals surface area (Å²) in [7, 11) is 0. The van der Waals surface area contributed by atoms with E-state index in [0.29, 0.717) is 0 Å². The first-order chi connectivity index (χ1) is 7.25. The number of H-pyrrole nitrogens is 1. The molecule has 1 N–H and O–H groups in total. The van der Waals surface area contributed by atoms with E-state index in [1.54, 1.807) is 0 Å². The molecule has 0 aliphatic heterocycles. The van der Waals surface area contributed by atoms with Gasteiger partial charge in [-0.1, -0.05) is 27.7 Å². The van der Waals surface area contributed by atoms with Crippen molar-refractivity contribution in [3.05, 3.63) is 23.8 Å². The Balaban J connectivity index is 0.000000442. The highest BCUT2D eigenvalue weighted by Gasteiger charge is 1.97. The van der Waals surface area contributed by atoms with Crippen LogP contribution in [0.5, 0.6) is 0 Å². The normalized spacial score (nSPS) is 8.67. The molecule has 3 nitrogen and oxygen atoms in total. The van der Waals surface area contributed by atoms with Crippen LogP contribution in [0.25, 0.3) is 11.0 Å². The third-order valence-electron chi connectivity index (χ3n) is 1.63. The lowest BCUT2D eigenvalue weighted by Crippen LogP contribution is -1.85. The van der Waals surface area contributed by atoms with E-state index in [0.717, 1.165) is 22.6 Å². The van der Waals surface area contributed by atoms with Gasteiger partial charge in [0.05, 0.1) is 0 Å². The van der Waals surface area contributed by atoms with Crippen molar-refractivity contribution >= 4 is 11.0 Å². The van der Waals surface area contributed by atoms with Crippen LogP contribution in [0.3, 0.4) is 0 Å². The van der Waals surface area contributed by atoms with Gasteiger partial charge in [0.1, 0.15) is 11.5 Å². The zero-order valence-corrected chi connectivity index (χ0v) is 10.5. The molecule has 2 heterocycles. The van der Waals surface area contributed by atoms with Crippen molar-refractivity contribution in [3.8, 4) is 0 Å². The molecular formula is C12H21N3. The molecule has 0 unspecified atom stereocenters. The summed E-state index contributed by atoms with van der Waals surface area (Å²) in [4.78, 5) is 11.5. The summed E-state index contributed by atoms with van der Waals surface area (Å²) in [6.07, 6.45) is 1.83. The van der Waals surface area contributed by atoms with E-state index in [2.05, 4.69) is 15.0 Å². The predicted octanol–water partition coefficient (Wildman–Crippen LogP) is 3.63. The number of hydrogen-bond acceptors (Lipinski definition) is 2. The smallest absolute Gasteiger partial charge is 0.141 e. The molecule has 0 atom stereocenters. The molecule has 15 heavy (non-hydrogen) atoms. The van der Waals surface area contributed by atoms with Gasteiger partial charge in [0.2, 0.25) is 0 Å². The van der Waals surface area contributed by atoms with Crippen molar-refractivity contribution in [2.45, 2.75) is 41.5 Å². The average molecular weight is 207 g/mol. The van der Waals surface area contributed by atoms with Crippen LogP contribution in [0.15, 0.2) is 12.3 Å². The molecule has 0 fully saturated rings. The Bertz CT molecular complexity index is 391. The van der Waals surface area contributed by atoms with Crippen LogP contribution in [0.1, 0.15) is 39.2 Å². The van der Waals surface area contributed by atoms with Crippen LogP contribution < -0.4 is 0 Å². The molecule has 84 valence electrons. The molecule has 2 aromatic heterocycles. The third kappa shape index (κ3) is 3.70. The second kappa shape index (κ2) is 6.98. The minimum absolute atomic E-state index is 0.805. The van der Waals surface area contributed by atoms with Gasteiger partial charge in [0.25, 0.3) is 0 Å². The zero-order valence-electron chi connectivity index (χ0n) is 10.5. The first kappa shape index (κ1) is 13.6. The number of nitrogens with zero attached hydrogens (tertiary/aromatic N) is 2. The van der Waals surface area contributed by atoms with Crippen LogP contribution in [0.4, 0.5) is 0 Å². The fourth-order valence-electron chi connectivity index (χ4n) is 1.14. The first-order valence-electron chi connectivity index (χ1n) is 5.55. The summed E-state index contributed by atoms with van der Waals surface area (Å²) in [5, 5.41) is 1.08. The fourth-order valence-corrected chi connectivity index (χ4v) is 1.14. The summed E-state index contributed by atoms with van der Waals surface area (Å²) in [6.45, 7) is 11.9. The molecule has 0 bridgehead atoms. The van der Waals surface area contributed by atoms with E-state index in [-0.39, 0.29) is 0 Å². The number of hydrogen-bond donors (Lipinski definition) is 1. The van der Waals surface area contributed by atoms with E-state index in [9.17, 15) is 0 Å². The number of aromatic nitrogens is 3.